The van der Waals surface area contributed by atoms with Gasteiger partial charge in [0.2, 0.25) is 10.0 Å². The Balaban J connectivity index is 2.07. The number of amides is 1. The average Bonchev–Trinajstić information content (AvgIpc) is 2.56. The fourth-order valence-electron chi connectivity index (χ4n) is 2.13. The molecule has 2 rings (SSSR count). The molecule has 2 aromatic carbocycles. The lowest BCUT2D eigenvalue weighted by atomic mass is 10.2. The number of rotatable bonds is 6. The Morgan fingerprint density at radius 1 is 1.08 bits per heavy atom. The molecule has 0 bridgehead atoms. The van der Waals surface area contributed by atoms with Gasteiger partial charge < -0.3 is 10.1 Å². The van der Waals surface area contributed by atoms with E-state index in [9.17, 15) is 13.2 Å². The number of aryl methyl sites for hydroxylation is 2. The summed E-state index contributed by atoms with van der Waals surface area (Å²) in [6.07, 6.45) is 0. The van der Waals surface area contributed by atoms with Crippen molar-refractivity contribution in [1.29, 1.82) is 0 Å². The van der Waals surface area contributed by atoms with Gasteiger partial charge in [-0.25, -0.2) is 12.7 Å². The number of ether oxygens (including phenoxy) is 1. The van der Waals surface area contributed by atoms with E-state index in [1.165, 1.54) is 20.2 Å². The van der Waals surface area contributed by atoms with E-state index in [-0.39, 0.29) is 17.4 Å². The van der Waals surface area contributed by atoms with Crippen LogP contribution in [0.2, 0.25) is 0 Å². The lowest BCUT2D eigenvalue weighted by molar-refractivity contribution is -0.118. The summed E-state index contributed by atoms with van der Waals surface area (Å²) in [7, 11) is -0.639. The standard InChI is InChI=1S/C18H22N2O4S/c1-13-5-9-16(10-6-13)24-12-18(21)19-15-8-7-14(2)17(11-15)25(22,23)20(3)4/h5-11H,12H2,1-4H3,(H,19,21). The number of nitrogens with zero attached hydrogens (tertiary/aromatic N) is 1. The summed E-state index contributed by atoms with van der Waals surface area (Å²) in [4.78, 5) is 12.2. The summed E-state index contributed by atoms with van der Waals surface area (Å²) in [6, 6.07) is 12.1. The van der Waals surface area contributed by atoms with Crippen LogP contribution < -0.4 is 10.1 Å². The van der Waals surface area contributed by atoms with E-state index >= 15 is 0 Å². The minimum Gasteiger partial charge on any atom is -0.484 e. The Kier molecular flexibility index (Phi) is 5.81. The second-order valence-corrected chi connectivity index (χ2v) is 8.04. The van der Waals surface area contributed by atoms with E-state index in [1.54, 1.807) is 31.2 Å². The molecule has 1 N–H and O–H groups in total. The Bertz CT molecular complexity index is 859. The third-order valence-electron chi connectivity index (χ3n) is 3.62. The second kappa shape index (κ2) is 7.67. The molecule has 0 spiro atoms. The van der Waals surface area contributed by atoms with Gasteiger partial charge in [0.1, 0.15) is 5.75 Å². The smallest absolute Gasteiger partial charge is 0.262 e. The van der Waals surface area contributed by atoms with Gasteiger partial charge in [-0.1, -0.05) is 23.8 Å². The van der Waals surface area contributed by atoms with Crippen LogP contribution in [0.25, 0.3) is 0 Å². The first-order chi connectivity index (χ1) is 11.7. The Labute approximate surface area is 148 Å². The zero-order valence-corrected chi connectivity index (χ0v) is 15.6. The molecule has 0 atom stereocenters. The Hall–Kier alpha value is -2.38. The first kappa shape index (κ1) is 19.0. The van der Waals surface area contributed by atoms with Crippen molar-refractivity contribution in [2.75, 3.05) is 26.0 Å². The van der Waals surface area contributed by atoms with Crippen molar-refractivity contribution < 1.29 is 17.9 Å². The van der Waals surface area contributed by atoms with Crippen LogP contribution in [-0.2, 0) is 14.8 Å². The zero-order chi connectivity index (χ0) is 18.6. The number of hydrogen-bond donors (Lipinski definition) is 1. The zero-order valence-electron chi connectivity index (χ0n) is 14.7. The van der Waals surface area contributed by atoms with Crippen LogP contribution in [0, 0.1) is 13.8 Å². The molecular weight excluding hydrogens is 340 g/mol. The highest BCUT2D eigenvalue weighted by atomic mass is 32.2. The van der Waals surface area contributed by atoms with Gasteiger partial charge in [-0.3, -0.25) is 4.79 Å². The number of hydrogen-bond acceptors (Lipinski definition) is 4. The van der Waals surface area contributed by atoms with Crippen molar-refractivity contribution in [3.63, 3.8) is 0 Å². The second-order valence-electron chi connectivity index (χ2n) is 5.92. The molecule has 0 heterocycles. The van der Waals surface area contributed by atoms with Gasteiger partial charge in [-0.05, 0) is 43.7 Å². The monoisotopic (exact) mass is 362 g/mol. The third-order valence-corrected chi connectivity index (χ3v) is 5.58. The van der Waals surface area contributed by atoms with Crippen LogP contribution in [0.4, 0.5) is 5.69 Å². The van der Waals surface area contributed by atoms with Gasteiger partial charge in [0.05, 0.1) is 4.90 Å². The fourth-order valence-corrected chi connectivity index (χ4v) is 3.28. The number of carbonyl (C=O) groups excluding carboxylic acids is 1. The average molecular weight is 362 g/mol. The van der Waals surface area contributed by atoms with E-state index in [0.717, 1.165) is 9.87 Å². The van der Waals surface area contributed by atoms with E-state index in [4.69, 9.17) is 4.74 Å². The van der Waals surface area contributed by atoms with Crippen LogP contribution in [0.5, 0.6) is 5.75 Å². The van der Waals surface area contributed by atoms with Gasteiger partial charge >= 0.3 is 0 Å². The Morgan fingerprint density at radius 3 is 2.32 bits per heavy atom. The van der Waals surface area contributed by atoms with Crippen molar-refractivity contribution in [3.05, 3.63) is 53.6 Å². The maximum absolute atomic E-state index is 12.3. The summed E-state index contributed by atoms with van der Waals surface area (Å²) < 4.78 is 31.2. The Morgan fingerprint density at radius 2 is 1.72 bits per heavy atom. The molecule has 6 nitrogen and oxygen atoms in total. The summed E-state index contributed by atoms with van der Waals surface area (Å²) in [5.41, 5.74) is 2.12. The summed E-state index contributed by atoms with van der Waals surface area (Å²) in [5, 5.41) is 2.66. The topological polar surface area (TPSA) is 75.7 Å². The normalized spacial score (nSPS) is 11.4. The number of anilines is 1. The summed E-state index contributed by atoms with van der Waals surface area (Å²) in [6.45, 7) is 3.52. The molecule has 2 aromatic rings. The number of sulfonamides is 1. The molecule has 0 aliphatic rings. The van der Waals surface area contributed by atoms with E-state index in [1.807, 2.05) is 19.1 Å². The molecule has 7 heteroatoms. The van der Waals surface area contributed by atoms with Crippen molar-refractivity contribution in [3.8, 4) is 5.75 Å². The highest BCUT2D eigenvalue weighted by molar-refractivity contribution is 7.89. The summed E-state index contributed by atoms with van der Waals surface area (Å²) in [5.74, 6) is 0.234. The minimum atomic E-state index is -3.57. The van der Waals surface area contributed by atoms with E-state index in [2.05, 4.69) is 5.32 Å². The predicted octanol–water partition coefficient (Wildman–Crippen LogP) is 2.57. The molecule has 0 aliphatic carbocycles. The van der Waals surface area contributed by atoms with Crippen molar-refractivity contribution in [2.45, 2.75) is 18.7 Å². The molecule has 1 amide bonds. The number of benzene rings is 2. The first-order valence-corrected chi connectivity index (χ1v) is 9.16. The highest BCUT2D eigenvalue weighted by Gasteiger charge is 2.20. The molecule has 25 heavy (non-hydrogen) atoms. The number of nitrogens with one attached hydrogen (secondary N) is 1. The van der Waals surface area contributed by atoms with Crippen LogP contribution in [0.3, 0.4) is 0 Å². The van der Waals surface area contributed by atoms with Crippen molar-refractivity contribution in [1.82, 2.24) is 4.31 Å². The van der Waals surface area contributed by atoms with Gasteiger partial charge in [0.15, 0.2) is 6.61 Å². The molecule has 0 radical (unpaired) electrons. The van der Waals surface area contributed by atoms with Crippen LogP contribution in [0.15, 0.2) is 47.4 Å². The third kappa shape index (κ3) is 4.80. The maximum atomic E-state index is 12.3. The lowest BCUT2D eigenvalue weighted by Gasteiger charge is -2.15. The van der Waals surface area contributed by atoms with Gasteiger partial charge in [-0.15, -0.1) is 0 Å². The number of carbonyl (C=O) groups is 1. The molecule has 0 saturated carbocycles. The largest absolute Gasteiger partial charge is 0.484 e. The molecule has 134 valence electrons. The van der Waals surface area contributed by atoms with Gasteiger partial charge in [0, 0.05) is 19.8 Å². The molecular formula is C18H22N2O4S. The molecule has 0 aromatic heterocycles. The molecule has 0 unspecified atom stereocenters. The lowest BCUT2D eigenvalue weighted by Crippen LogP contribution is -2.24. The fraction of sp³-hybridized carbons (Fsp3) is 0.278. The van der Waals surface area contributed by atoms with Gasteiger partial charge in [0.25, 0.3) is 5.91 Å². The van der Waals surface area contributed by atoms with E-state index in [0.29, 0.717) is 17.0 Å². The first-order valence-electron chi connectivity index (χ1n) is 7.72. The van der Waals surface area contributed by atoms with E-state index < -0.39 is 10.0 Å². The minimum absolute atomic E-state index is 0.160. The molecule has 0 fully saturated rings. The highest BCUT2D eigenvalue weighted by Crippen LogP contribution is 2.22. The quantitative estimate of drug-likeness (QED) is 0.857. The molecule has 0 aliphatic heterocycles. The predicted molar refractivity (Wildman–Crippen MR) is 97.4 cm³/mol. The molecule has 0 saturated heterocycles. The SMILES string of the molecule is Cc1ccc(OCC(=O)Nc2ccc(C)c(S(=O)(=O)N(C)C)c2)cc1. The van der Waals surface area contributed by atoms with Crippen LogP contribution in [0.1, 0.15) is 11.1 Å². The van der Waals surface area contributed by atoms with Crippen molar-refractivity contribution >= 4 is 21.6 Å². The van der Waals surface area contributed by atoms with Crippen LogP contribution >= 0.6 is 0 Å². The van der Waals surface area contributed by atoms with Gasteiger partial charge in [-0.2, -0.15) is 0 Å². The van der Waals surface area contributed by atoms with Crippen LogP contribution in [-0.4, -0.2) is 39.3 Å². The van der Waals surface area contributed by atoms with Crippen molar-refractivity contribution in [2.24, 2.45) is 0 Å². The summed E-state index contributed by atoms with van der Waals surface area (Å²) >= 11 is 0. The maximum Gasteiger partial charge on any atom is 0.262 e.